The molecule has 0 radical (unpaired) electrons. The topological polar surface area (TPSA) is 62.7 Å². The van der Waals surface area contributed by atoms with Gasteiger partial charge in [0, 0.05) is 42.3 Å². The maximum absolute atomic E-state index is 6.01. The molecule has 128 valence electrons. The fraction of sp³-hybridized carbons (Fsp3) is 0.211. The summed E-state index contributed by atoms with van der Waals surface area (Å²) in [7, 11) is 0. The lowest BCUT2D eigenvalue weighted by molar-refractivity contribution is 0.969. The molecule has 6 heteroatoms. The lowest BCUT2D eigenvalue weighted by Gasteiger charge is -2.10. The lowest BCUT2D eigenvalue weighted by Crippen LogP contribution is -2.10. The molecule has 2 aromatic heterocycles. The molecular weight excluding hydrogens is 334 g/mol. The highest BCUT2D eigenvalue weighted by molar-refractivity contribution is 6.30. The second kappa shape index (κ2) is 8.44. The fourth-order valence-electron chi connectivity index (χ4n) is 2.44. The zero-order valence-electron chi connectivity index (χ0n) is 14.0. The van der Waals surface area contributed by atoms with Crippen LogP contribution >= 0.6 is 11.6 Å². The number of pyridine rings is 1. The summed E-state index contributed by atoms with van der Waals surface area (Å²) in [4.78, 5) is 13.0. The summed E-state index contributed by atoms with van der Waals surface area (Å²) in [5.74, 6) is 1.42. The summed E-state index contributed by atoms with van der Waals surface area (Å²) >= 11 is 6.01. The Morgan fingerprint density at radius 3 is 2.60 bits per heavy atom. The van der Waals surface area contributed by atoms with Crippen molar-refractivity contribution in [3.8, 4) is 0 Å². The quantitative estimate of drug-likeness (QED) is 0.669. The zero-order valence-corrected chi connectivity index (χ0v) is 14.8. The van der Waals surface area contributed by atoms with Gasteiger partial charge in [0.25, 0.3) is 0 Å². The van der Waals surface area contributed by atoms with Crippen LogP contribution in [-0.4, -0.2) is 21.5 Å². The van der Waals surface area contributed by atoms with Gasteiger partial charge >= 0.3 is 0 Å². The molecule has 0 saturated carbocycles. The van der Waals surface area contributed by atoms with Crippen molar-refractivity contribution in [2.45, 2.75) is 19.9 Å². The van der Waals surface area contributed by atoms with Gasteiger partial charge in [0.05, 0.1) is 0 Å². The highest BCUT2D eigenvalue weighted by Crippen LogP contribution is 2.13. The standard InChI is InChI=1S/C19H20ClN5/c1-14-11-18(23-13-16-5-8-21-9-6-16)25-19(24-14)22-10-7-15-3-2-4-17(20)12-15/h2-6,8-9,11-12H,7,10,13H2,1H3,(H2,22,23,24,25). The first-order valence-electron chi connectivity index (χ1n) is 8.16. The second-order valence-corrected chi connectivity index (χ2v) is 6.17. The van der Waals surface area contributed by atoms with E-state index in [-0.39, 0.29) is 0 Å². The third kappa shape index (κ3) is 5.43. The maximum atomic E-state index is 6.01. The van der Waals surface area contributed by atoms with E-state index in [1.165, 1.54) is 5.56 Å². The number of aryl methyl sites for hydroxylation is 1. The van der Waals surface area contributed by atoms with Crippen LogP contribution in [-0.2, 0) is 13.0 Å². The van der Waals surface area contributed by atoms with Crippen LogP contribution in [0, 0.1) is 6.92 Å². The molecule has 1 aromatic carbocycles. The molecule has 3 rings (SSSR count). The molecule has 5 nitrogen and oxygen atoms in total. The number of nitrogens with one attached hydrogen (secondary N) is 2. The van der Waals surface area contributed by atoms with E-state index in [4.69, 9.17) is 11.6 Å². The number of aromatic nitrogens is 3. The highest BCUT2D eigenvalue weighted by atomic mass is 35.5. The van der Waals surface area contributed by atoms with Crippen LogP contribution < -0.4 is 10.6 Å². The molecule has 0 bridgehead atoms. The van der Waals surface area contributed by atoms with Crippen LogP contribution in [0.15, 0.2) is 54.9 Å². The van der Waals surface area contributed by atoms with Crippen molar-refractivity contribution in [1.29, 1.82) is 0 Å². The van der Waals surface area contributed by atoms with E-state index in [2.05, 4.69) is 31.7 Å². The number of rotatable bonds is 7. The lowest BCUT2D eigenvalue weighted by atomic mass is 10.1. The Balaban J connectivity index is 1.57. The van der Waals surface area contributed by atoms with Crippen LogP contribution in [0.4, 0.5) is 11.8 Å². The number of anilines is 2. The van der Waals surface area contributed by atoms with Crippen molar-refractivity contribution in [3.05, 3.63) is 76.7 Å². The average Bonchev–Trinajstić information content (AvgIpc) is 2.61. The first-order valence-corrected chi connectivity index (χ1v) is 8.53. The molecule has 25 heavy (non-hydrogen) atoms. The van der Waals surface area contributed by atoms with Gasteiger partial charge in [-0.2, -0.15) is 4.98 Å². The van der Waals surface area contributed by atoms with Gasteiger partial charge in [-0.15, -0.1) is 0 Å². The molecule has 2 heterocycles. The van der Waals surface area contributed by atoms with Gasteiger partial charge in [0.15, 0.2) is 0 Å². The summed E-state index contributed by atoms with van der Waals surface area (Å²) in [5, 5.41) is 7.35. The van der Waals surface area contributed by atoms with Gasteiger partial charge in [0.2, 0.25) is 5.95 Å². The normalized spacial score (nSPS) is 10.5. The van der Waals surface area contributed by atoms with E-state index in [1.54, 1.807) is 12.4 Å². The first kappa shape index (κ1) is 17.2. The highest BCUT2D eigenvalue weighted by Gasteiger charge is 2.03. The van der Waals surface area contributed by atoms with E-state index >= 15 is 0 Å². The van der Waals surface area contributed by atoms with Crippen LogP contribution in [0.1, 0.15) is 16.8 Å². The third-order valence-electron chi connectivity index (χ3n) is 3.66. The second-order valence-electron chi connectivity index (χ2n) is 5.73. The molecule has 0 aliphatic heterocycles. The summed E-state index contributed by atoms with van der Waals surface area (Å²) in [6, 6.07) is 13.8. The first-order chi connectivity index (χ1) is 12.2. The summed E-state index contributed by atoms with van der Waals surface area (Å²) in [5.41, 5.74) is 3.25. The molecule has 0 amide bonds. The van der Waals surface area contributed by atoms with E-state index < -0.39 is 0 Å². The Kier molecular flexibility index (Phi) is 5.80. The smallest absolute Gasteiger partial charge is 0.224 e. The number of halogens is 1. The van der Waals surface area contributed by atoms with Crippen molar-refractivity contribution in [2.24, 2.45) is 0 Å². The molecule has 0 aliphatic carbocycles. The van der Waals surface area contributed by atoms with Crippen molar-refractivity contribution in [1.82, 2.24) is 15.0 Å². The molecule has 0 spiro atoms. The zero-order chi connectivity index (χ0) is 17.5. The van der Waals surface area contributed by atoms with Gasteiger partial charge in [-0.1, -0.05) is 23.7 Å². The minimum Gasteiger partial charge on any atom is -0.366 e. The van der Waals surface area contributed by atoms with Gasteiger partial charge in [-0.3, -0.25) is 4.98 Å². The van der Waals surface area contributed by atoms with Crippen molar-refractivity contribution in [3.63, 3.8) is 0 Å². The summed E-state index contributed by atoms with van der Waals surface area (Å²) in [6.07, 6.45) is 4.42. The fourth-order valence-corrected chi connectivity index (χ4v) is 2.66. The molecule has 0 atom stereocenters. The molecule has 2 N–H and O–H groups in total. The van der Waals surface area contributed by atoms with Crippen LogP contribution in [0.5, 0.6) is 0 Å². The van der Waals surface area contributed by atoms with Crippen molar-refractivity contribution < 1.29 is 0 Å². The Morgan fingerprint density at radius 2 is 1.80 bits per heavy atom. The predicted molar refractivity (Wildman–Crippen MR) is 102 cm³/mol. The third-order valence-corrected chi connectivity index (χ3v) is 3.90. The van der Waals surface area contributed by atoms with E-state index in [9.17, 15) is 0 Å². The van der Waals surface area contributed by atoms with Crippen molar-refractivity contribution >= 4 is 23.4 Å². The minimum absolute atomic E-state index is 0.624. The number of hydrogen-bond donors (Lipinski definition) is 2. The Morgan fingerprint density at radius 1 is 0.960 bits per heavy atom. The number of nitrogens with zero attached hydrogens (tertiary/aromatic N) is 3. The van der Waals surface area contributed by atoms with E-state index in [0.29, 0.717) is 12.5 Å². The molecule has 0 fully saturated rings. The predicted octanol–water partition coefficient (Wildman–Crippen LogP) is 4.10. The SMILES string of the molecule is Cc1cc(NCc2ccncc2)nc(NCCc2cccc(Cl)c2)n1. The molecule has 0 aliphatic rings. The number of hydrogen-bond acceptors (Lipinski definition) is 5. The molecular formula is C19H20ClN5. The average molecular weight is 354 g/mol. The number of benzene rings is 1. The minimum atomic E-state index is 0.624. The largest absolute Gasteiger partial charge is 0.366 e. The van der Waals surface area contributed by atoms with Gasteiger partial charge in [-0.25, -0.2) is 4.98 Å². The summed E-state index contributed by atoms with van der Waals surface area (Å²) < 4.78 is 0. The Labute approximate surface area is 152 Å². The van der Waals surface area contributed by atoms with Gasteiger partial charge in [0.1, 0.15) is 5.82 Å². The summed E-state index contributed by atoms with van der Waals surface area (Å²) in [6.45, 7) is 3.40. The van der Waals surface area contributed by atoms with Crippen molar-refractivity contribution in [2.75, 3.05) is 17.2 Å². The van der Waals surface area contributed by atoms with Crippen LogP contribution in [0.2, 0.25) is 5.02 Å². The maximum Gasteiger partial charge on any atom is 0.224 e. The van der Waals surface area contributed by atoms with Crippen LogP contribution in [0.25, 0.3) is 0 Å². The molecule has 0 unspecified atom stereocenters. The van der Waals surface area contributed by atoms with E-state index in [1.807, 2.05) is 43.3 Å². The monoisotopic (exact) mass is 353 g/mol. The molecule has 0 saturated heterocycles. The Hall–Kier alpha value is -2.66. The van der Waals surface area contributed by atoms with Gasteiger partial charge < -0.3 is 10.6 Å². The van der Waals surface area contributed by atoms with Crippen LogP contribution in [0.3, 0.4) is 0 Å². The van der Waals surface area contributed by atoms with E-state index in [0.717, 1.165) is 35.1 Å². The van der Waals surface area contributed by atoms with Gasteiger partial charge in [-0.05, 0) is 48.7 Å². The Bertz CT molecular complexity index is 823. The molecule has 3 aromatic rings.